The van der Waals surface area contributed by atoms with Crippen LogP contribution >= 0.6 is 0 Å². The van der Waals surface area contributed by atoms with Crippen LogP contribution in [0.1, 0.15) is 98.5 Å². The third kappa shape index (κ3) is 11.3. The van der Waals surface area contributed by atoms with E-state index in [1.165, 1.54) is 0 Å². The van der Waals surface area contributed by atoms with Crippen molar-refractivity contribution in [3.05, 3.63) is 65.4 Å². The van der Waals surface area contributed by atoms with Crippen LogP contribution in [0.3, 0.4) is 0 Å². The minimum absolute atomic E-state index is 0.0672. The normalized spacial score (nSPS) is 14.3. The molecular formula is C38H45N3O11. The highest BCUT2D eigenvalue weighted by Gasteiger charge is 2.35. The number of carbonyl (C=O) groups excluding carboxylic acids is 7. The number of nitrogens with zero attached hydrogens (tertiary/aromatic N) is 1. The number of allylic oxidation sites excluding steroid dienone is 1. The zero-order chi connectivity index (χ0) is 37.5. The van der Waals surface area contributed by atoms with Gasteiger partial charge in [0.05, 0.1) is 25.4 Å². The van der Waals surface area contributed by atoms with Crippen LogP contribution in [0.5, 0.6) is 0 Å². The van der Waals surface area contributed by atoms with Gasteiger partial charge in [0.2, 0.25) is 11.8 Å². The van der Waals surface area contributed by atoms with E-state index in [0.29, 0.717) is 72.1 Å². The summed E-state index contributed by atoms with van der Waals surface area (Å²) in [5.41, 5.74) is 3.92. The number of fused-ring (bicyclic) bond motifs is 3. The number of aldehydes is 1. The molecule has 2 aromatic rings. The number of ketones is 1. The van der Waals surface area contributed by atoms with Crippen molar-refractivity contribution in [2.45, 2.75) is 77.0 Å². The highest BCUT2D eigenvalue weighted by atomic mass is 16.8. The van der Waals surface area contributed by atoms with Gasteiger partial charge in [0, 0.05) is 62.4 Å². The fourth-order valence-corrected chi connectivity index (χ4v) is 5.78. The SMILES string of the molecule is C=C(CC=O)OCCCC(=O)c1ccc2c(c1)C(COC(=O)ON1C(=O)CCC1=O)c1cc(NC(=O)CCCC(=O)NCCOCCCC)ccc1-2. The van der Waals surface area contributed by atoms with Crippen molar-refractivity contribution in [1.29, 1.82) is 0 Å². The Morgan fingerprint density at radius 2 is 1.58 bits per heavy atom. The molecule has 2 N–H and O–H groups in total. The second-order valence-electron chi connectivity index (χ2n) is 12.4. The fraction of sp³-hybridized carbons (Fsp3) is 0.447. The molecule has 14 heteroatoms. The smallest absolute Gasteiger partial charge is 0.498 e. The lowest BCUT2D eigenvalue weighted by Gasteiger charge is -2.17. The number of benzene rings is 2. The molecule has 1 saturated heterocycles. The van der Waals surface area contributed by atoms with Crippen LogP contribution in [-0.2, 0) is 43.0 Å². The Balaban J connectivity index is 1.40. The molecule has 1 atom stereocenters. The molecule has 0 aromatic heterocycles. The lowest BCUT2D eigenvalue weighted by atomic mass is 9.94. The first kappa shape index (κ1) is 39.4. The number of carbonyl (C=O) groups is 7. The number of rotatable bonds is 22. The summed E-state index contributed by atoms with van der Waals surface area (Å²) in [5, 5.41) is 6.05. The maximum atomic E-state index is 13.1. The summed E-state index contributed by atoms with van der Waals surface area (Å²) < 4.78 is 16.2. The number of unbranched alkanes of at least 4 members (excludes halogenated alkanes) is 1. The largest absolute Gasteiger partial charge is 0.533 e. The van der Waals surface area contributed by atoms with Gasteiger partial charge in [-0.05, 0) is 59.7 Å². The number of Topliss-reactive ketones (excluding diaryl/α,β-unsaturated/α-hetero) is 1. The summed E-state index contributed by atoms with van der Waals surface area (Å²) in [5.74, 6) is -2.13. The molecule has 14 nitrogen and oxygen atoms in total. The highest BCUT2D eigenvalue weighted by molar-refractivity contribution is 6.01. The summed E-state index contributed by atoms with van der Waals surface area (Å²) in [7, 11) is 0. The highest BCUT2D eigenvalue weighted by Crippen LogP contribution is 2.46. The second kappa shape index (κ2) is 19.9. The molecular weight excluding hydrogens is 674 g/mol. The van der Waals surface area contributed by atoms with Gasteiger partial charge in [0.15, 0.2) is 5.78 Å². The minimum atomic E-state index is -1.24. The van der Waals surface area contributed by atoms with Gasteiger partial charge in [-0.3, -0.25) is 28.8 Å². The fourth-order valence-electron chi connectivity index (χ4n) is 5.78. The molecule has 0 spiro atoms. The molecule has 0 saturated carbocycles. The van der Waals surface area contributed by atoms with Crippen LogP contribution in [0.4, 0.5) is 10.5 Å². The monoisotopic (exact) mass is 719 g/mol. The third-order valence-corrected chi connectivity index (χ3v) is 8.47. The van der Waals surface area contributed by atoms with Crippen molar-refractivity contribution in [2.75, 3.05) is 38.3 Å². The molecule has 0 radical (unpaired) electrons. The van der Waals surface area contributed by atoms with E-state index >= 15 is 0 Å². The van der Waals surface area contributed by atoms with Crippen molar-refractivity contribution in [2.24, 2.45) is 0 Å². The molecule has 52 heavy (non-hydrogen) atoms. The van der Waals surface area contributed by atoms with E-state index < -0.39 is 23.9 Å². The molecule has 2 aromatic carbocycles. The van der Waals surface area contributed by atoms with Crippen LogP contribution in [0, 0.1) is 0 Å². The Morgan fingerprint density at radius 3 is 2.31 bits per heavy atom. The van der Waals surface area contributed by atoms with Gasteiger partial charge in [0.1, 0.15) is 12.9 Å². The average molecular weight is 720 g/mol. The zero-order valence-corrected chi connectivity index (χ0v) is 29.4. The van der Waals surface area contributed by atoms with Gasteiger partial charge in [-0.1, -0.05) is 43.2 Å². The van der Waals surface area contributed by atoms with E-state index in [1.54, 1.807) is 24.3 Å². The molecule has 4 rings (SSSR count). The number of hydrogen-bond donors (Lipinski definition) is 2. The summed E-state index contributed by atoms with van der Waals surface area (Å²) >= 11 is 0. The second-order valence-corrected chi connectivity index (χ2v) is 12.4. The predicted molar refractivity (Wildman–Crippen MR) is 188 cm³/mol. The Morgan fingerprint density at radius 1 is 0.865 bits per heavy atom. The van der Waals surface area contributed by atoms with Crippen molar-refractivity contribution < 1.29 is 52.6 Å². The number of nitrogens with one attached hydrogen (secondary N) is 2. The van der Waals surface area contributed by atoms with Crippen LogP contribution in [0.15, 0.2) is 48.7 Å². The summed E-state index contributed by atoms with van der Waals surface area (Å²) in [6.07, 6.45) is 2.65. The Labute approximate surface area is 302 Å². The lowest BCUT2D eigenvalue weighted by Crippen LogP contribution is -2.32. The van der Waals surface area contributed by atoms with E-state index in [9.17, 15) is 33.6 Å². The van der Waals surface area contributed by atoms with E-state index in [-0.39, 0.29) is 69.3 Å². The van der Waals surface area contributed by atoms with E-state index in [2.05, 4.69) is 24.1 Å². The molecule has 1 aliphatic carbocycles. The molecule has 4 amide bonds. The lowest BCUT2D eigenvalue weighted by molar-refractivity contribution is -0.177. The van der Waals surface area contributed by atoms with Gasteiger partial charge in [-0.2, -0.15) is 0 Å². The van der Waals surface area contributed by atoms with Crippen molar-refractivity contribution in [3.8, 4) is 11.1 Å². The van der Waals surface area contributed by atoms with Gasteiger partial charge in [-0.25, -0.2) is 4.79 Å². The van der Waals surface area contributed by atoms with E-state index in [1.807, 2.05) is 12.1 Å². The van der Waals surface area contributed by atoms with Crippen LogP contribution in [0.25, 0.3) is 11.1 Å². The van der Waals surface area contributed by atoms with E-state index in [4.69, 9.17) is 19.0 Å². The number of hydroxylamine groups is 2. The Bertz CT molecular complexity index is 1660. The summed E-state index contributed by atoms with van der Waals surface area (Å²) in [6.45, 7) is 7.20. The third-order valence-electron chi connectivity index (χ3n) is 8.47. The summed E-state index contributed by atoms with van der Waals surface area (Å²) in [6, 6.07) is 10.6. The predicted octanol–water partition coefficient (Wildman–Crippen LogP) is 5.14. The van der Waals surface area contributed by atoms with Crippen LogP contribution in [-0.4, -0.2) is 79.9 Å². The minimum Gasteiger partial charge on any atom is -0.498 e. The molecule has 2 aliphatic rings. The number of hydrogen-bond acceptors (Lipinski definition) is 11. The summed E-state index contributed by atoms with van der Waals surface area (Å²) in [4.78, 5) is 90.0. The molecule has 278 valence electrons. The first-order chi connectivity index (χ1) is 25.1. The number of amides is 4. The van der Waals surface area contributed by atoms with Gasteiger partial charge >= 0.3 is 6.16 Å². The van der Waals surface area contributed by atoms with Gasteiger partial charge in [0.25, 0.3) is 11.8 Å². The quantitative estimate of drug-likeness (QED) is 0.0410. The first-order valence-corrected chi connectivity index (χ1v) is 17.5. The number of imide groups is 1. The van der Waals surface area contributed by atoms with Crippen molar-refractivity contribution in [1.82, 2.24) is 10.4 Å². The first-order valence-electron chi connectivity index (χ1n) is 17.5. The molecule has 1 heterocycles. The average Bonchev–Trinajstić information content (AvgIpc) is 3.60. The van der Waals surface area contributed by atoms with Crippen LogP contribution in [0.2, 0.25) is 0 Å². The van der Waals surface area contributed by atoms with Crippen molar-refractivity contribution >= 4 is 47.5 Å². The zero-order valence-electron chi connectivity index (χ0n) is 29.4. The molecule has 0 bridgehead atoms. The Kier molecular flexibility index (Phi) is 15.1. The van der Waals surface area contributed by atoms with Gasteiger partial charge < -0.3 is 29.6 Å². The molecule has 1 aliphatic heterocycles. The number of ether oxygens (including phenoxy) is 3. The maximum absolute atomic E-state index is 13.1. The molecule has 1 fully saturated rings. The number of anilines is 1. The topological polar surface area (TPSA) is 184 Å². The van der Waals surface area contributed by atoms with Crippen molar-refractivity contribution in [3.63, 3.8) is 0 Å². The van der Waals surface area contributed by atoms with E-state index in [0.717, 1.165) is 24.0 Å². The molecule has 1 unspecified atom stereocenters. The maximum Gasteiger partial charge on any atom is 0.533 e. The van der Waals surface area contributed by atoms with Crippen LogP contribution < -0.4 is 10.6 Å². The van der Waals surface area contributed by atoms with Gasteiger partial charge in [-0.15, -0.1) is 0 Å². The standard InChI is InChI=1S/C38H45N3O11/c1-3-4-19-49-21-17-39-34(44)8-5-9-35(45)40-27-11-13-29-28-12-10-26(33(43)7-6-20-50-25(2)16-18-42)22-30(28)32(31(29)23-27)24-51-38(48)52-41-36(46)14-15-37(41)47/h10-13,18,22-23,32H,2-9,14-17,19-21,24H2,1H3,(H,39,44)(H,40,45). The Hall–Kier alpha value is -5.37.